The molecule has 0 aliphatic heterocycles. The Labute approximate surface area is 117 Å². The van der Waals surface area contributed by atoms with Crippen LogP contribution in [0.3, 0.4) is 0 Å². The van der Waals surface area contributed by atoms with Crippen molar-refractivity contribution in [2.24, 2.45) is 0 Å². The van der Waals surface area contributed by atoms with Crippen molar-refractivity contribution in [1.82, 2.24) is 4.98 Å². The third kappa shape index (κ3) is 1.61. The zero-order chi connectivity index (χ0) is 12.9. The Bertz CT molecular complexity index is 839. The Balaban J connectivity index is 2.65. The lowest BCUT2D eigenvalue weighted by Gasteiger charge is -2.06. The molecule has 3 rings (SSSR count). The molecule has 1 heterocycles. The molecule has 0 bridgehead atoms. The summed E-state index contributed by atoms with van der Waals surface area (Å²) in [6.45, 7) is 0. The molecule has 0 aliphatic rings. The molecule has 0 radical (unpaired) electrons. The summed E-state index contributed by atoms with van der Waals surface area (Å²) in [6.07, 6.45) is 0. The van der Waals surface area contributed by atoms with Gasteiger partial charge in [0, 0.05) is 10.9 Å². The number of rotatable bonds is 0. The molecule has 0 atom stereocenters. The number of H-pyrrole nitrogens is 1. The third-order valence-electron chi connectivity index (χ3n) is 2.83. The van der Waals surface area contributed by atoms with Gasteiger partial charge in [-0.1, -0.05) is 46.9 Å². The Morgan fingerprint density at radius 2 is 1.67 bits per heavy atom. The standard InChI is InChI=1S/C13H6Cl3NO/c14-7-5-9-10(12(16)11(7)15)13(18)6-3-1-2-4-8(6)17-9/h1-5H,(H,17,18). The third-order valence-corrected chi connectivity index (χ3v) is 4.09. The number of aromatic amines is 1. The molecule has 2 aromatic carbocycles. The zero-order valence-electron chi connectivity index (χ0n) is 8.93. The number of nitrogens with one attached hydrogen (secondary N) is 1. The molecule has 2 nitrogen and oxygen atoms in total. The van der Waals surface area contributed by atoms with Gasteiger partial charge >= 0.3 is 0 Å². The van der Waals surface area contributed by atoms with Crippen molar-refractivity contribution in [3.8, 4) is 0 Å². The van der Waals surface area contributed by atoms with E-state index in [0.717, 1.165) is 5.52 Å². The lowest BCUT2D eigenvalue weighted by atomic mass is 10.1. The van der Waals surface area contributed by atoms with E-state index in [4.69, 9.17) is 34.8 Å². The summed E-state index contributed by atoms with van der Waals surface area (Å²) in [5.74, 6) is 0. The largest absolute Gasteiger partial charge is 0.354 e. The lowest BCUT2D eigenvalue weighted by Crippen LogP contribution is -2.05. The van der Waals surface area contributed by atoms with Crippen molar-refractivity contribution >= 4 is 56.6 Å². The highest BCUT2D eigenvalue weighted by Crippen LogP contribution is 2.35. The smallest absolute Gasteiger partial charge is 0.198 e. The van der Waals surface area contributed by atoms with Gasteiger partial charge in [-0.25, -0.2) is 0 Å². The number of hydrogen-bond donors (Lipinski definition) is 1. The van der Waals surface area contributed by atoms with Gasteiger partial charge in [0.25, 0.3) is 0 Å². The number of para-hydroxylation sites is 1. The van der Waals surface area contributed by atoms with E-state index >= 15 is 0 Å². The predicted molar refractivity (Wildman–Crippen MR) is 77.1 cm³/mol. The normalized spacial score (nSPS) is 11.3. The monoisotopic (exact) mass is 297 g/mol. The number of hydrogen-bond acceptors (Lipinski definition) is 1. The number of aromatic nitrogens is 1. The van der Waals surface area contributed by atoms with Gasteiger partial charge in [-0.2, -0.15) is 0 Å². The predicted octanol–water partition coefficient (Wildman–Crippen LogP) is 4.64. The van der Waals surface area contributed by atoms with E-state index in [1.807, 2.05) is 12.1 Å². The number of halogens is 3. The highest BCUT2D eigenvalue weighted by molar-refractivity contribution is 6.50. The first-order chi connectivity index (χ1) is 8.59. The van der Waals surface area contributed by atoms with Crippen LogP contribution in [0.15, 0.2) is 35.1 Å². The highest BCUT2D eigenvalue weighted by atomic mass is 35.5. The van der Waals surface area contributed by atoms with Gasteiger partial charge in [-0.3, -0.25) is 4.79 Å². The fourth-order valence-corrected chi connectivity index (χ4v) is 2.68. The Morgan fingerprint density at radius 3 is 2.44 bits per heavy atom. The first kappa shape index (κ1) is 11.8. The topological polar surface area (TPSA) is 32.9 Å². The number of fused-ring (bicyclic) bond motifs is 2. The molecule has 3 aromatic rings. The van der Waals surface area contributed by atoms with Gasteiger partial charge in [0.1, 0.15) is 0 Å². The fourth-order valence-electron chi connectivity index (χ4n) is 1.99. The minimum atomic E-state index is -0.150. The van der Waals surface area contributed by atoms with Gasteiger partial charge in [-0.05, 0) is 18.2 Å². The molecule has 0 saturated carbocycles. The van der Waals surface area contributed by atoms with Crippen molar-refractivity contribution < 1.29 is 0 Å². The zero-order valence-corrected chi connectivity index (χ0v) is 11.2. The van der Waals surface area contributed by atoms with Crippen LogP contribution in [0.2, 0.25) is 15.1 Å². The molecule has 0 unspecified atom stereocenters. The van der Waals surface area contributed by atoms with E-state index in [1.165, 1.54) is 0 Å². The highest BCUT2D eigenvalue weighted by Gasteiger charge is 2.14. The Morgan fingerprint density at radius 1 is 0.944 bits per heavy atom. The minimum absolute atomic E-state index is 0.150. The maximum absolute atomic E-state index is 12.4. The molecular weight excluding hydrogens is 293 g/mol. The van der Waals surface area contributed by atoms with Crippen molar-refractivity contribution in [3.63, 3.8) is 0 Å². The fraction of sp³-hybridized carbons (Fsp3) is 0. The molecule has 18 heavy (non-hydrogen) atoms. The average Bonchev–Trinajstić information content (AvgIpc) is 2.36. The maximum Gasteiger partial charge on any atom is 0.198 e. The molecule has 90 valence electrons. The van der Waals surface area contributed by atoms with Gasteiger partial charge in [0.2, 0.25) is 0 Å². The number of pyridine rings is 1. The van der Waals surface area contributed by atoms with Crippen LogP contribution in [0.4, 0.5) is 0 Å². The van der Waals surface area contributed by atoms with Crippen LogP contribution in [-0.4, -0.2) is 4.98 Å². The summed E-state index contributed by atoms with van der Waals surface area (Å²) in [7, 11) is 0. The van der Waals surface area contributed by atoms with Gasteiger partial charge in [0.15, 0.2) is 5.43 Å². The van der Waals surface area contributed by atoms with Crippen LogP contribution in [-0.2, 0) is 0 Å². The van der Waals surface area contributed by atoms with E-state index in [2.05, 4.69) is 4.98 Å². The van der Waals surface area contributed by atoms with Crippen molar-refractivity contribution in [3.05, 3.63) is 55.6 Å². The first-order valence-electron chi connectivity index (χ1n) is 5.18. The van der Waals surface area contributed by atoms with Crippen LogP contribution >= 0.6 is 34.8 Å². The SMILES string of the molecule is O=c1c2ccccc2[nH]c2cc(Cl)c(Cl)c(Cl)c12. The summed E-state index contributed by atoms with van der Waals surface area (Å²) >= 11 is 18.0. The van der Waals surface area contributed by atoms with Crippen LogP contribution in [0.25, 0.3) is 21.8 Å². The summed E-state index contributed by atoms with van der Waals surface area (Å²) in [5.41, 5.74) is 1.17. The van der Waals surface area contributed by atoms with E-state index < -0.39 is 0 Å². The second-order valence-corrected chi connectivity index (χ2v) is 5.07. The Kier molecular flexibility index (Phi) is 2.74. The Hall–Kier alpha value is -1.22. The lowest BCUT2D eigenvalue weighted by molar-refractivity contribution is 1.48. The molecule has 0 amide bonds. The minimum Gasteiger partial charge on any atom is -0.354 e. The number of benzene rings is 2. The van der Waals surface area contributed by atoms with Crippen LogP contribution in [0, 0.1) is 0 Å². The van der Waals surface area contributed by atoms with Gasteiger partial charge < -0.3 is 4.98 Å². The van der Waals surface area contributed by atoms with Crippen LogP contribution in [0.1, 0.15) is 0 Å². The van der Waals surface area contributed by atoms with E-state index in [-0.39, 0.29) is 15.5 Å². The second-order valence-electron chi connectivity index (χ2n) is 3.91. The van der Waals surface area contributed by atoms with Crippen molar-refractivity contribution in [2.75, 3.05) is 0 Å². The van der Waals surface area contributed by atoms with E-state index in [1.54, 1.807) is 18.2 Å². The van der Waals surface area contributed by atoms with Crippen LogP contribution in [0.5, 0.6) is 0 Å². The van der Waals surface area contributed by atoms with E-state index in [0.29, 0.717) is 21.3 Å². The quantitative estimate of drug-likeness (QED) is 0.476. The van der Waals surface area contributed by atoms with Crippen LogP contribution < -0.4 is 5.43 Å². The maximum atomic E-state index is 12.4. The summed E-state index contributed by atoms with van der Waals surface area (Å²) in [4.78, 5) is 15.5. The van der Waals surface area contributed by atoms with E-state index in [9.17, 15) is 4.79 Å². The van der Waals surface area contributed by atoms with Crippen molar-refractivity contribution in [1.29, 1.82) is 0 Å². The molecule has 1 aromatic heterocycles. The molecule has 1 N–H and O–H groups in total. The van der Waals surface area contributed by atoms with Gasteiger partial charge in [0.05, 0.1) is 26.0 Å². The average molecular weight is 299 g/mol. The second kappa shape index (κ2) is 4.16. The summed E-state index contributed by atoms with van der Waals surface area (Å²) < 4.78 is 0. The molecular formula is C13H6Cl3NO. The molecule has 0 aliphatic carbocycles. The van der Waals surface area contributed by atoms with Crippen molar-refractivity contribution in [2.45, 2.75) is 0 Å². The summed E-state index contributed by atoms with van der Waals surface area (Å²) in [6, 6.07) is 8.83. The molecule has 5 heteroatoms. The molecule has 0 fully saturated rings. The molecule has 0 saturated heterocycles. The molecule has 0 spiro atoms. The summed E-state index contributed by atoms with van der Waals surface area (Å²) in [5, 5.41) is 1.65. The first-order valence-corrected chi connectivity index (χ1v) is 6.31. The van der Waals surface area contributed by atoms with Gasteiger partial charge in [-0.15, -0.1) is 0 Å².